The zero-order chi connectivity index (χ0) is 18.2. The van der Waals surface area contributed by atoms with Crippen LogP contribution >= 0.6 is 0 Å². The third-order valence-electron chi connectivity index (χ3n) is 5.05. The van der Waals surface area contributed by atoms with Gasteiger partial charge >= 0.3 is 0 Å². The lowest BCUT2D eigenvalue weighted by molar-refractivity contribution is 0.558. The number of nitrogens with zero attached hydrogens (tertiary/aromatic N) is 2. The van der Waals surface area contributed by atoms with Gasteiger partial charge in [-0.2, -0.15) is 0 Å². The van der Waals surface area contributed by atoms with E-state index in [-0.39, 0.29) is 0 Å². The number of pyridine rings is 2. The van der Waals surface area contributed by atoms with Crippen molar-refractivity contribution in [2.24, 2.45) is 11.8 Å². The minimum atomic E-state index is 0.492. The van der Waals surface area contributed by atoms with Crippen molar-refractivity contribution in [2.45, 2.75) is 26.7 Å². The molecule has 3 heterocycles. The van der Waals surface area contributed by atoms with Gasteiger partial charge in [-0.25, -0.2) is 9.97 Å². The Balaban J connectivity index is 1.81. The summed E-state index contributed by atoms with van der Waals surface area (Å²) in [5.41, 5.74) is 2.15. The second kappa shape index (κ2) is 9.27. The molecule has 0 bridgehead atoms. The lowest BCUT2D eigenvalue weighted by Gasteiger charge is -2.23. The van der Waals surface area contributed by atoms with E-state index in [0.717, 1.165) is 62.0 Å². The van der Waals surface area contributed by atoms with E-state index >= 15 is 0 Å². The molecule has 0 unspecified atom stereocenters. The van der Waals surface area contributed by atoms with Gasteiger partial charge in [-0.3, -0.25) is 0 Å². The monoisotopic (exact) mass is 354 g/mol. The summed E-state index contributed by atoms with van der Waals surface area (Å²) in [4.78, 5) is 9.05. The van der Waals surface area contributed by atoms with Gasteiger partial charge in [-0.15, -0.1) is 0 Å². The van der Waals surface area contributed by atoms with Crippen molar-refractivity contribution in [3.05, 3.63) is 36.7 Å². The van der Waals surface area contributed by atoms with Crippen molar-refractivity contribution in [1.82, 2.24) is 9.97 Å². The first-order valence-corrected chi connectivity index (χ1v) is 9.65. The van der Waals surface area contributed by atoms with Gasteiger partial charge in [0.2, 0.25) is 0 Å². The Morgan fingerprint density at radius 1 is 0.731 bits per heavy atom. The molecule has 0 atom stereocenters. The lowest BCUT2D eigenvalue weighted by Crippen LogP contribution is -2.26. The summed E-state index contributed by atoms with van der Waals surface area (Å²) in [5.74, 6) is 2.88. The minimum Gasteiger partial charge on any atom is -0.382 e. The maximum Gasteiger partial charge on any atom is 0.149 e. The fraction of sp³-hybridized carbons (Fsp3) is 0.500. The molecule has 26 heavy (non-hydrogen) atoms. The van der Waals surface area contributed by atoms with Crippen molar-refractivity contribution in [2.75, 3.05) is 47.4 Å². The molecule has 2 aromatic rings. The van der Waals surface area contributed by atoms with Crippen molar-refractivity contribution in [1.29, 1.82) is 0 Å². The number of fused-ring (bicyclic) bond motifs is 2. The van der Waals surface area contributed by atoms with Crippen LogP contribution in [-0.4, -0.2) is 36.1 Å². The van der Waals surface area contributed by atoms with Gasteiger partial charge < -0.3 is 21.3 Å². The van der Waals surface area contributed by atoms with Crippen LogP contribution in [0.2, 0.25) is 0 Å². The second-order valence-corrected chi connectivity index (χ2v) is 6.87. The van der Waals surface area contributed by atoms with Crippen molar-refractivity contribution < 1.29 is 0 Å². The summed E-state index contributed by atoms with van der Waals surface area (Å²) in [6, 6.07) is 8.16. The summed E-state index contributed by atoms with van der Waals surface area (Å²) in [6.45, 7) is 8.02. The van der Waals surface area contributed by atoms with E-state index in [2.05, 4.69) is 57.2 Å². The van der Waals surface area contributed by atoms with E-state index in [1.165, 1.54) is 0 Å². The van der Waals surface area contributed by atoms with E-state index < -0.39 is 0 Å². The quantitative estimate of drug-likeness (QED) is 0.656. The molecule has 0 radical (unpaired) electrons. The summed E-state index contributed by atoms with van der Waals surface area (Å²) in [5, 5.41) is 14.2. The minimum absolute atomic E-state index is 0.492. The largest absolute Gasteiger partial charge is 0.382 e. The fourth-order valence-corrected chi connectivity index (χ4v) is 3.09. The molecule has 0 saturated carbocycles. The smallest absolute Gasteiger partial charge is 0.149 e. The first kappa shape index (κ1) is 18.3. The van der Waals surface area contributed by atoms with Crippen LogP contribution in [0.25, 0.3) is 0 Å². The van der Waals surface area contributed by atoms with Crippen LogP contribution in [-0.2, 0) is 0 Å². The predicted molar refractivity (Wildman–Crippen MR) is 110 cm³/mol. The highest BCUT2D eigenvalue weighted by Crippen LogP contribution is 2.23. The van der Waals surface area contributed by atoms with Gasteiger partial charge in [0.15, 0.2) is 0 Å². The van der Waals surface area contributed by atoms with E-state index in [9.17, 15) is 0 Å². The van der Waals surface area contributed by atoms with Crippen LogP contribution in [0, 0.1) is 11.8 Å². The lowest BCUT2D eigenvalue weighted by atomic mass is 10.1. The molecule has 0 spiro atoms. The Bertz CT molecular complexity index is 576. The molecule has 3 rings (SSSR count). The third kappa shape index (κ3) is 4.77. The highest BCUT2D eigenvalue weighted by atomic mass is 15.1. The van der Waals surface area contributed by atoms with Crippen LogP contribution in [0.15, 0.2) is 36.7 Å². The SMILES string of the molecule is CCC1CNc2cccnc2NCC(CC)CNc2ncccc2NC1. The fourth-order valence-electron chi connectivity index (χ4n) is 3.09. The van der Waals surface area contributed by atoms with Gasteiger partial charge in [0, 0.05) is 38.6 Å². The molecule has 2 aromatic heterocycles. The summed E-state index contributed by atoms with van der Waals surface area (Å²) in [6.07, 6.45) is 5.87. The second-order valence-electron chi connectivity index (χ2n) is 6.87. The van der Waals surface area contributed by atoms with Gasteiger partial charge in [0.25, 0.3) is 0 Å². The number of nitrogens with one attached hydrogen (secondary N) is 4. The van der Waals surface area contributed by atoms with E-state index in [1.807, 2.05) is 24.5 Å². The zero-order valence-corrected chi connectivity index (χ0v) is 15.8. The topological polar surface area (TPSA) is 73.9 Å². The molecule has 1 aliphatic heterocycles. The maximum absolute atomic E-state index is 4.52. The first-order valence-electron chi connectivity index (χ1n) is 9.65. The molecule has 0 saturated heterocycles. The number of hydrogen-bond acceptors (Lipinski definition) is 6. The molecule has 6 heteroatoms. The van der Waals surface area contributed by atoms with Crippen LogP contribution in [0.1, 0.15) is 26.7 Å². The number of aromatic nitrogens is 2. The summed E-state index contributed by atoms with van der Waals surface area (Å²) >= 11 is 0. The van der Waals surface area contributed by atoms with Crippen LogP contribution in [0.4, 0.5) is 23.0 Å². The Hall–Kier alpha value is -2.50. The number of hydrogen-bond donors (Lipinski definition) is 4. The van der Waals surface area contributed by atoms with E-state index in [4.69, 9.17) is 0 Å². The molecule has 6 nitrogen and oxygen atoms in total. The number of anilines is 4. The van der Waals surface area contributed by atoms with Gasteiger partial charge in [0.05, 0.1) is 11.4 Å². The Morgan fingerprint density at radius 3 is 1.58 bits per heavy atom. The Morgan fingerprint density at radius 2 is 1.15 bits per heavy atom. The molecule has 1 aliphatic rings. The summed E-state index contributed by atoms with van der Waals surface area (Å²) < 4.78 is 0. The molecule has 0 aliphatic carbocycles. The first-order chi connectivity index (χ1) is 12.8. The van der Waals surface area contributed by atoms with Crippen LogP contribution < -0.4 is 21.3 Å². The van der Waals surface area contributed by atoms with Crippen molar-refractivity contribution in [3.8, 4) is 0 Å². The van der Waals surface area contributed by atoms with Crippen molar-refractivity contribution in [3.63, 3.8) is 0 Å². The van der Waals surface area contributed by atoms with Gasteiger partial charge in [0.1, 0.15) is 11.6 Å². The molecule has 4 N–H and O–H groups in total. The standard InChI is InChI=1S/C20H30N6/c1-3-15-11-23-17-7-5-9-21-19(17)25-13-16(4-2)14-26-20-18(24-12-15)8-6-10-22-20/h5-10,15-16,23-24H,3-4,11-14H2,1-2H3,(H,21,25)(H,22,26). The molecule has 140 valence electrons. The maximum atomic E-state index is 4.52. The number of rotatable bonds is 2. The Kier molecular flexibility index (Phi) is 6.52. The normalized spacial score (nSPS) is 20.8. The molecular formula is C20H30N6. The van der Waals surface area contributed by atoms with E-state index in [0.29, 0.717) is 11.8 Å². The average Bonchev–Trinajstić information content (AvgIpc) is 2.69. The summed E-state index contributed by atoms with van der Waals surface area (Å²) in [7, 11) is 0. The van der Waals surface area contributed by atoms with Crippen LogP contribution in [0.5, 0.6) is 0 Å². The van der Waals surface area contributed by atoms with Gasteiger partial charge in [-0.05, 0) is 48.9 Å². The Labute approximate surface area is 156 Å². The van der Waals surface area contributed by atoms with E-state index in [1.54, 1.807) is 0 Å². The molecule has 0 amide bonds. The zero-order valence-electron chi connectivity index (χ0n) is 15.8. The highest BCUT2D eigenvalue weighted by Gasteiger charge is 2.14. The average molecular weight is 355 g/mol. The van der Waals surface area contributed by atoms with Crippen LogP contribution in [0.3, 0.4) is 0 Å². The molecule has 0 fully saturated rings. The predicted octanol–water partition coefficient (Wildman–Crippen LogP) is 3.89. The molecular weight excluding hydrogens is 324 g/mol. The highest BCUT2D eigenvalue weighted by molar-refractivity contribution is 5.65. The third-order valence-corrected chi connectivity index (χ3v) is 5.05. The van der Waals surface area contributed by atoms with Gasteiger partial charge in [-0.1, -0.05) is 13.8 Å². The molecule has 0 aromatic carbocycles. The van der Waals surface area contributed by atoms with Crippen molar-refractivity contribution >= 4 is 23.0 Å².